The van der Waals surface area contributed by atoms with Crippen LogP contribution in [0, 0.1) is 0 Å². The summed E-state index contributed by atoms with van der Waals surface area (Å²) < 4.78 is 0.392. The molecule has 10 heteroatoms. The van der Waals surface area contributed by atoms with Crippen LogP contribution in [0.5, 0.6) is 5.75 Å². The molecule has 3 aromatic rings. The molecule has 1 unspecified atom stereocenters. The molecular formula is C21H21Cl2N3O4S. The van der Waals surface area contributed by atoms with Crippen molar-refractivity contribution in [1.29, 1.82) is 0 Å². The van der Waals surface area contributed by atoms with Crippen molar-refractivity contribution < 1.29 is 19.8 Å². The Bertz CT molecular complexity index is 1130. The van der Waals surface area contributed by atoms with Gasteiger partial charge in [-0.15, -0.1) is 11.3 Å². The van der Waals surface area contributed by atoms with Crippen molar-refractivity contribution in [3.8, 4) is 5.75 Å². The van der Waals surface area contributed by atoms with Crippen LogP contribution in [-0.4, -0.2) is 34.7 Å². The van der Waals surface area contributed by atoms with Crippen molar-refractivity contribution in [2.75, 3.05) is 11.9 Å². The van der Waals surface area contributed by atoms with E-state index in [4.69, 9.17) is 28.9 Å². The number of carbonyl (C=O) groups is 2. The maximum absolute atomic E-state index is 12.7. The van der Waals surface area contributed by atoms with Gasteiger partial charge < -0.3 is 26.6 Å². The first kappa shape index (κ1) is 23.3. The molecule has 1 aromatic heterocycles. The minimum absolute atomic E-state index is 0.0133. The first-order chi connectivity index (χ1) is 14.8. The van der Waals surface area contributed by atoms with E-state index in [1.807, 2.05) is 6.92 Å². The highest BCUT2D eigenvalue weighted by atomic mass is 35.5. The monoisotopic (exact) mass is 481 g/mol. The van der Waals surface area contributed by atoms with E-state index in [-0.39, 0.29) is 39.0 Å². The summed E-state index contributed by atoms with van der Waals surface area (Å²) >= 11 is 13.2. The molecule has 1 atom stereocenters. The predicted octanol–water partition coefficient (Wildman–Crippen LogP) is 4.13. The molecule has 31 heavy (non-hydrogen) atoms. The van der Waals surface area contributed by atoms with Gasteiger partial charge in [0.1, 0.15) is 10.0 Å². The zero-order valence-corrected chi connectivity index (χ0v) is 18.9. The lowest BCUT2D eigenvalue weighted by atomic mass is 10.1. The van der Waals surface area contributed by atoms with Crippen LogP contribution in [-0.2, 0) is 6.54 Å². The first-order valence-corrected chi connectivity index (χ1v) is 11.0. The summed E-state index contributed by atoms with van der Waals surface area (Å²) in [6, 6.07) is 8.35. The molecule has 0 spiro atoms. The van der Waals surface area contributed by atoms with Crippen LogP contribution < -0.4 is 16.4 Å². The van der Waals surface area contributed by atoms with Crippen molar-refractivity contribution in [2.45, 2.75) is 25.9 Å². The molecular weight excluding hydrogens is 461 g/mol. The SMILES string of the molecule is CCC(CO)NCc1ccc(C(=O)Nc2sc3c(Cl)c(O)c(Cl)cc3c2C(N)=O)cc1. The average Bonchev–Trinajstić information content (AvgIpc) is 3.11. The third-order valence-electron chi connectivity index (χ3n) is 4.85. The number of phenols is 1. The third kappa shape index (κ3) is 4.94. The van der Waals surface area contributed by atoms with Crippen LogP contribution in [0.2, 0.25) is 10.0 Å². The number of fused-ring (bicyclic) bond motifs is 1. The van der Waals surface area contributed by atoms with Gasteiger partial charge in [0.15, 0.2) is 5.75 Å². The molecule has 0 aliphatic heterocycles. The van der Waals surface area contributed by atoms with Crippen molar-refractivity contribution >= 4 is 61.4 Å². The number of primary amides is 1. The van der Waals surface area contributed by atoms with Crippen molar-refractivity contribution in [3.05, 3.63) is 57.1 Å². The number of amides is 2. The Labute approximate surface area is 192 Å². The summed E-state index contributed by atoms with van der Waals surface area (Å²) in [5.41, 5.74) is 6.94. The maximum Gasteiger partial charge on any atom is 0.256 e. The highest BCUT2D eigenvalue weighted by Crippen LogP contribution is 2.46. The van der Waals surface area contributed by atoms with Gasteiger partial charge in [-0.3, -0.25) is 9.59 Å². The molecule has 0 fully saturated rings. The standard InChI is InChI=1S/C21H21Cl2N3O4S/c1-2-12(9-27)25-8-10-3-5-11(6-4-10)20(30)26-21-15(19(24)29)13-7-14(22)17(28)16(23)18(13)31-21/h3-7,12,25,27-28H,2,8-9H2,1H3,(H2,24,29)(H,26,30). The number of benzene rings is 2. The number of halogens is 2. The number of nitrogens with two attached hydrogens (primary N) is 1. The second-order valence-corrected chi connectivity index (χ2v) is 8.69. The topological polar surface area (TPSA) is 125 Å². The van der Waals surface area contributed by atoms with Crippen molar-refractivity contribution in [3.63, 3.8) is 0 Å². The molecule has 2 amide bonds. The molecule has 3 rings (SSSR count). The van der Waals surface area contributed by atoms with Gasteiger partial charge in [-0.05, 0) is 30.2 Å². The Kier molecular flexibility index (Phi) is 7.40. The molecule has 164 valence electrons. The molecule has 0 aliphatic carbocycles. The Morgan fingerprint density at radius 1 is 1.23 bits per heavy atom. The highest BCUT2D eigenvalue weighted by molar-refractivity contribution is 7.24. The number of phenolic OH excluding ortho intramolecular Hbond substituents is 1. The Hall–Kier alpha value is -2.36. The van der Waals surface area contributed by atoms with Gasteiger partial charge >= 0.3 is 0 Å². The fourth-order valence-corrected chi connectivity index (χ4v) is 4.72. The van der Waals surface area contributed by atoms with E-state index >= 15 is 0 Å². The number of rotatable bonds is 8. The highest BCUT2D eigenvalue weighted by Gasteiger charge is 2.23. The summed E-state index contributed by atoms with van der Waals surface area (Å²) in [5, 5.41) is 25.7. The number of hydrogen-bond acceptors (Lipinski definition) is 6. The van der Waals surface area contributed by atoms with Crippen molar-refractivity contribution in [1.82, 2.24) is 5.32 Å². The molecule has 7 nitrogen and oxygen atoms in total. The number of aliphatic hydroxyl groups is 1. The minimum Gasteiger partial charge on any atom is -0.505 e. The van der Waals surface area contributed by atoms with Gasteiger partial charge in [0.05, 0.1) is 21.9 Å². The predicted molar refractivity (Wildman–Crippen MR) is 124 cm³/mol. The van der Waals surface area contributed by atoms with Gasteiger partial charge in [-0.2, -0.15) is 0 Å². The number of thiophene rings is 1. The Balaban J connectivity index is 1.84. The number of carbonyl (C=O) groups excluding carboxylic acids is 2. The Morgan fingerprint density at radius 3 is 2.48 bits per heavy atom. The summed E-state index contributed by atoms with van der Waals surface area (Å²) in [5.74, 6) is -1.49. The lowest BCUT2D eigenvalue weighted by Gasteiger charge is -2.14. The van der Waals surface area contributed by atoms with Crippen molar-refractivity contribution in [2.24, 2.45) is 5.73 Å². The smallest absolute Gasteiger partial charge is 0.256 e. The number of aromatic hydroxyl groups is 1. The number of anilines is 1. The second kappa shape index (κ2) is 9.84. The molecule has 1 heterocycles. The van der Waals surface area contributed by atoms with Crippen LogP contribution in [0.15, 0.2) is 30.3 Å². The summed E-state index contributed by atoms with van der Waals surface area (Å²) in [6.45, 7) is 2.60. The van der Waals surface area contributed by atoms with E-state index in [9.17, 15) is 19.8 Å². The maximum atomic E-state index is 12.7. The fourth-order valence-electron chi connectivity index (χ4n) is 3.03. The molecule has 0 bridgehead atoms. The van der Waals surface area contributed by atoms with E-state index in [0.717, 1.165) is 23.3 Å². The molecule has 6 N–H and O–H groups in total. The number of nitrogens with one attached hydrogen (secondary N) is 2. The largest absolute Gasteiger partial charge is 0.505 e. The number of aliphatic hydroxyl groups excluding tert-OH is 1. The van der Waals surface area contributed by atoms with E-state index < -0.39 is 11.8 Å². The molecule has 0 saturated carbocycles. The van der Waals surface area contributed by atoms with Crippen LogP contribution >= 0.6 is 34.5 Å². The molecule has 0 radical (unpaired) electrons. The van der Waals surface area contributed by atoms with Crippen LogP contribution in [0.1, 0.15) is 39.6 Å². The van der Waals surface area contributed by atoms with Gasteiger partial charge in [0.25, 0.3) is 11.8 Å². The zero-order valence-electron chi connectivity index (χ0n) is 16.5. The van der Waals surface area contributed by atoms with Gasteiger partial charge in [0.2, 0.25) is 0 Å². The lowest BCUT2D eigenvalue weighted by Crippen LogP contribution is -2.31. The van der Waals surface area contributed by atoms with Crippen LogP contribution in [0.3, 0.4) is 0 Å². The van der Waals surface area contributed by atoms with Crippen LogP contribution in [0.4, 0.5) is 5.00 Å². The quantitative estimate of drug-likeness (QED) is 0.330. The first-order valence-electron chi connectivity index (χ1n) is 9.44. The van der Waals surface area contributed by atoms with Gasteiger partial charge in [-0.25, -0.2) is 0 Å². The summed E-state index contributed by atoms with van der Waals surface area (Å²) in [4.78, 5) is 24.8. The van der Waals surface area contributed by atoms with E-state index in [2.05, 4.69) is 10.6 Å². The Morgan fingerprint density at radius 2 is 1.90 bits per heavy atom. The van der Waals surface area contributed by atoms with Gasteiger partial charge in [0, 0.05) is 23.5 Å². The molecule has 0 saturated heterocycles. The zero-order chi connectivity index (χ0) is 22.7. The average molecular weight is 482 g/mol. The van der Waals surface area contributed by atoms with Gasteiger partial charge in [-0.1, -0.05) is 42.3 Å². The van der Waals surface area contributed by atoms with Crippen LogP contribution in [0.25, 0.3) is 10.1 Å². The third-order valence-corrected chi connectivity index (χ3v) is 6.75. The summed E-state index contributed by atoms with van der Waals surface area (Å²) in [7, 11) is 0. The summed E-state index contributed by atoms with van der Waals surface area (Å²) in [6.07, 6.45) is 0.807. The van der Waals surface area contributed by atoms with E-state index in [0.29, 0.717) is 22.2 Å². The normalized spacial score (nSPS) is 12.1. The molecule has 0 aliphatic rings. The molecule has 2 aromatic carbocycles. The number of hydrogen-bond donors (Lipinski definition) is 5. The van der Waals surface area contributed by atoms with E-state index in [1.54, 1.807) is 24.3 Å². The fraction of sp³-hybridized carbons (Fsp3) is 0.238. The van der Waals surface area contributed by atoms with E-state index in [1.165, 1.54) is 6.07 Å². The minimum atomic E-state index is -0.754. The lowest BCUT2D eigenvalue weighted by molar-refractivity contribution is 0.100. The second-order valence-electron chi connectivity index (χ2n) is 6.89.